The van der Waals surface area contributed by atoms with Crippen LogP contribution in [0.5, 0.6) is 0 Å². The number of rotatable bonds is 5. The third kappa shape index (κ3) is 3.97. The number of nitrogens with zero attached hydrogens (tertiary/aromatic N) is 1. The van der Waals surface area contributed by atoms with Gasteiger partial charge in [0, 0.05) is 22.9 Å². The van der Waals surface area contributed by atoms with Crippen LogP contribution in [0.15, 0.2) is 59.5 Å². The van der Waals surface area contributed by atoms with Crippen LogP contribution in [-0.4, -0.2) is 22.9 Å². The van der Waals surface area contributed by atoms with Crippen LogP contribution in [0, 0.1) is 0 Å². The number of anilines is 1. The number of nitrogens with one attached hydrogen (secondary N) is 1. The van der Waals surface area contributed by atoms with Crippen LogP contribution in [-0.2, 0) is 0 Å². The molecule has 0 aliphatic heterocycles. The summed E-state index contributed by atoms with van der Waals surface area (Å²) < 4.78 is 0. The first-order valence-corrected chi connectivity index (χ1v) is 9.65. The van der Waals surface area contributed by atoms with E-state index in [0.717, 1.165) is 10.5 Å². The lowest BCUT2D eigenvalue weighted by Crippen LogP contribution is -2.11. The van der Waals surface area contributed by atoms with E-state index in [0.29, 0.717) is 21.3 Å². The molecule has 0 aliphatic carbocycles. The van der Waals surface area contributed by atoms with E-state index in [1.807, 2.05) is 54.8 Å². The van der Waals surface area contributed by atoms with Crippen molar-refractivity contribution < 1.29 is 9.59 Å². The van der Waals surface area contributed by atoms with Gasteiger partial charge in [-0.3, -0.25) is 14.9 Å². The average molecular weight is 368 g/mol. The summed E-state index contributed by atoms with van der Waals surface area (Å²) in [6.07, 6.45) is 1.96. The Kier molecular flexibility index (Phi) is 5.31. The molecule has 1 amide bonds. The molecule has 0 spiro atoms. The summed E-state index contributed by atoms with van der Waals surface area (Å²) in [4.78, 5) is 30.4. The SMILES string of the molecule is CSc1cccc(C(=O)Nc2nc(-c3ccccc3)c(C(C)=O)s2)c1. The lowest BCUT2D eigenvalue weighted by Gasteiger charge is -2.03. The number of thiazole rings is 1. The maximum absolute atomic E-state index is 12.5. The fraction of sp³-hybridized carbons (Fsp3) is 0.105. The van der Waals surface area contributed by atoms with Crippen LogP contribution in [0.4, 0.5) is 5.13 Å². The summed E-state index contributed by atoms with van der Waals surface area (Å²) in [5.74, 6) is -0.305. The first-order chi connectivity index (χ1) is 12.1. The second kappa shape index (κ2) is 7.63. The van der Waals surface area contributed by atoms with Crippen molar-refractivity contribution in [1.29, 1.82) is 0 Å². The number of amides is 1. The van der Waals surface area contributed by atoms with Gasteiger partial charge in [0.25, 0.3) is 5.91 Å². The zero-order chi connectivity index (χ0) is 17.8. The highest BCUT2D eigenvalue weighted by Crippen LogP contribution is 2.31. The van der Waals surface area contributed by atoms with Crippen molar-refractivity contribution in [3.8, 4) is 11.3 Å². The largest absolute Gasteiger partial charge is 0.298 e. The minimum Gasteiger partial charge on any atom is -0.298 e. The third-order valence-corrected chi connectivity index (χ3v) is 5.34. The van der Waals surface area contributed by atoms with Crippen molar-refractivity contribution in [2.45, 2.75) is 11.8 Å². The Morgan fingerprint density at radius 2 is 1.84 bits per heavy atom. The standard InChI is InChI=1S/C19H16N2O2S2/c1-12(22)17-16(13-7-4-3-5-8-13)20-19(25-17)21-18(23)14-9-6-10-15(11-14)24-2/h3-11H,1-2H3,(H,20,21,23). The van der Waals surface area contributed by atoms with E-state index in [1.54, 1.807) is 17.8 Å². The summed E-state index contributed by atoms with van der Waals surface area (Å²) in [7, 11) is 0. The van der Waals surface area contributed by atoms with E-state index in [9.17, 15) is 9.59 Å². The molecule has 0 saturated heterocycles. The predicted octanol–water partition coefficient (Wildman–Crippen LogP) is 4.99. The summed E-state index contributed by atoms with van der Waals surface area (Å²) in [5.41, 5.74) is 2.02. The Morgan fingerprint density at radius 1 is 1.08 bits per heavy atom. The van der Waals surface area contributed by atoms with Gasteiger partial charge in [-0.05, 0) is 24.5 Å². The molecule has 4 nitrogen and oxygen atoms in total. The molecule has 1 aromatic heterocycles. The van der Waals surface area contributed by atoms with Crippen molar-refractivity contribution in [3.63, 3.8) is 0 Å². The van der Waals surface area contributed by atoms with Gasteiger partial charge in [0.2, 0.25) is 0 Å². The predicted molar refractivity (Wildman–Crippen MR) is 104 cm³/mol. The van der Waals surface area contributed by atoms with E-state index in [-0.39, 0.29) is 11.7 Å². The number of ketones is 1. The molecule has 126 valence electrons. The number of hydrogen-bond donors (Lipinski definition) is 1. The maximum Gasteiger partial charge on any atom is 0.257 e. The fourth-order valence-corrected chi connectivity index (χ4v) is 3.67. The van der Waals surface area contributed by atoms with Crippen LogP contribution in [0.1, 0.15) is 27.0 Å². The molecule has 1 N–H and O–H groups in total. The Hall–Kier alpha value is -2.44. The van der Waals surface area contributed by atoms with Crippen molar-refractivity contribution >= 4 is 39.9 Å². The third-order valence-electron chi connectivity index (χ3n) is 3.55. The van der Waals surface area contributed by atoms with Crippen LogP contribution in [0.25, 0.3) is 11.3 Å². The number of hydrogen-bond acceptors (Lipinski definition) is 5. The normalized spacial score (nSPS) is 10.5. The van der Waals surface area contributed by atoms with E-state index in [4.69, 9.17) is 0 Å². The number of aromatic nitrogens is 1. The topological polar surface area (TPSA) is 59.1 Å². The summed E-state index contributed by atoms with van der Waals surface area (Å²) >= 11 is 2.77. The summed E-state index contributed by atoms with van der Waals surface area (Å²) in [6.45, 7) is 1.51. The highest BCUT2D eigenvalue weighted by Gasteiger charge is 2.18. The molecule has 0 fully saturated rings. The van der Waals surface area contributed by atoms with Crippen molar-refractivity contribution in [2.24, 2.45) is 0 Å². The van der Waals surface area contributed by atoms with Gasteiger partial charge < -0.3 is 0 Å². The van der Waals surface area contributed by atoms with Crippen LogP contribution in [0.2, 0.25) is 0 Å². The van der Waals surface area contributed by atoms with Crippen LogP contribution in [0.3, 0.4) is 0 Å². The maximum atomic E-state index is 12.5. The molecule has 6 heteroatoms. The molecule has 1 heterocycles. The van der Waals surface area contributed by atoms with Gasteiger partial charge in [0.15, 0.2) is 10.9 Å². The van der Waals surface area contributed by atoms with E-state index in [2.05, 4.69) is 10.3 Å². The molecule has 0 radical (unpaired) electrons. The first-order valence-electron chi connectivity index (χ1n) is 7.61. The quantitative estimate of drug-likeness (QED) is 0.509. The number of thioether (sulfide) groups is 1. The van der Waals surface area contributed by atoms with Crippen LogP contribution < -0.4 is 5.32 Å². The van der Waals surface area contributed by atoms with Crippen molar-refractivity contribution in [2.75, 3.05) is 11.6 Å². The molecule has 0 saturated carbocycles. The molecule has 3 aromatic rings. The van der Waals surface area contributed by atoms with Gasteiger partial charge in [-0.15, -0.1) is 11.8 Å². The summed E-state index contributed by atoms with van der Waals surface area (Å²) in [5, 5.41) is 3.22. The number of Topliss-reactive ketones (excluding diaryl/α,β-unsaturated/α-hetero) is 1. The lowest BCUT2D eigenvalue weighted by molar-refractivity contribution is 0.101. The molecule has 0 unspecified atom stereocenters. The van der Waals surface area contributed by atoms with E-state index < -0.39 is 0 Å². The fourth-order valence-electron chi connectivity index (χ4n) is 2.34. The molecule has 0 atom stereocenters. The van der Waals surface area contributed by atoms with Gasteiger partial charge in [0.05, 0.1) is 10.6 Å². The monoisotopic (exact) mass is 368 g/mol. The molecule has 0 bridgehead atoms. The van der Waals surface area contributed by atoms with Gasteiger partial charge in [-0.1, -0.05) is 47.7 Å². The van der Waals surface area contributed by atoms with E-state index in [1.165, 1.54) is 18.3 Å². The lowest BCUT2D eigenvalue weighted by atomic mass is 10.1. The Bertz CT molecular complexity index is 920. The Morgan fingerprint density at radius 3 is 2.52 bits per heavy atom. The second-order valence-electron chi connectivity index (χ2n) is 5.31. The molecule has 0 aliphatic rings. The van der Waals surface area contributed by atoms with Gasteiger partial charge >= 0.3 is 0 Å². The second-order valence-corrected chi connectivity index (χ2v) is 7.18. The number of benzene rings is 2. The minimum absolute atomic E-state index is 0.0683. The highest BCUT2D eigenvalue weighted by molar-refractivity contribution is 7.98. The van der Waals surface area contributed by atoms with Crippen molar-refractivity contribution in [1.82, 2.24) is 4.98 Å². The highest BCUT2D eigenvalue weighted by atomic mass is 32.2. The minimum atomic E-state index is -0.237. The Labute approximate surface area is 154 Å². The molecular weight excluding hydrogens is 352 g/mol. The zero-order valence-corrected chi connectivity index (χ0v) is 15.4. The smallest absolute Gasteiger partial charge is 0.257 e. The van der Waals surface area contributed by atoms with Gasteiger partial charge in [-0.25, -0.2) is 4.98 Å². The summed E-state index contributed by atoms with van der Waals surface area (Å²) in [6, 6.07) is 16.9. The van der Waals surface area contributed by atoms with Gasteiger partial charge in [0.1, 0.15) is 0 Å². The van der Waals surface area contributed by atoms with Crippen molar-refractivity contribution in [3.05, 3.63) is 65.0 Å². The molecule has 3 rings (SSSR count). The molecular formula is C19H16N2O2S2. The number of carbonyl (C=O) groups excluding carboxylic acids is 2. The van der Waals surface area contributed by atoms with E-state index >= 15 is 0 Å². The first kappa shape index (κ1) is 17.4. The average Bonchev–Trinajstić information content (AvgIpc) is 3.06. The molecule has 25 heavy (non-hydrogen) atoms. The zero-order valence-electron chi connectivity index (χ0n) is 13.8. The van der Waals surface area contributed by atoms with Gasteiger partial charge in [-0.2, -0.15) is 0 Å². The molecule has 2 aromatic carbocycles. The Balaban J connectivity index is 1.90. The van der Waals surface area contributed by atoms with Crippen LogP contribution >= 0.6 is 23.1 Å². The number of carbonyl (C=O) groups is 2.